The van der Waals surface area contributed by atoms with Crippen molar-refractivity contribution in [2.45, 2.75) is 90.4 Å². The Morgan fingerprint density at radius 3 is 2.25 bits per heavy atom. The molecule has 0 saturated carbocycles. The average molecular weight is 279 g/mol. The summed E-state index contributed by atoms with van der Waals surface area (Å²) in [4.78, 5) is 11.0. The van der Waals surface area contributed by atoms with Gasteiger partial charge in [0, 0.05) is 5.92 Å². The van der Waals surface area contributed by atoms with Gasteiger partial charge in [0.2, 0.25) is 0 Å². The van der Waals surface area contributed by atoms with Crippen molar-refractivity contribution in [3.05, 3.63) is 19.1 Å². The first-order chi connectivity index (χ1) is 9.85. The van der Waals surface area contributed by atoms with Gasteiger partial charge in [0.1, 0.15) is 6.29 Å². The van der Waals surface area contributed by atoms with Crippen LogP contribution in [0.2, 0.25) is 0 Å². The molecule has 117 valence electrons. The van der Waals surface area contributed by atoms with Gasteiger partial charge in [0.05, 0.1) is 0 Å². The lowest BCUT2D eigenvalue weighted by molar-refractivity contribution is -0.111. The minimum Gasteiger partial charge on any atom is -0.303 e. The molecule has 1 nitrogen and oxygen atoms in total. The predicted molar refractivity (Wildman–Crippen MR) is 89.7 cm³/mol. The number of unbranched alkanes of at least 4 members (excludes halogenated alkanes) is 8. The Balaban J connectivity index is 3.44. The van der Waals surface area contributed by atoms with Crippen molar-refractivity contribution < 1.29 is 4.79 Å². The zero-order valence-electron chi connectivity index (χ0n) is 13.6. The molecule has 0 bridgehead atoms. The first-order valence-corrected chi connectivity index (χ1v) is 8.74. The number of hydrogen-bond acceptors (Lipinski definition) is 1. The predicted octanol–water partition coefficient (Wildman–Crippen LogP) is 6.28. The van der Waals surface area contributed by atoms with Crippen molar-refractivity contribution in [3.8, 4) is 0 Å². The fraction of sp³-hybridized carbons (Fsp3) is 0.789. The van der Waals surface area contributed by atoms with Gasteiger partial charge in [-0.25, -0.2) is 0 Å². The normalized spacial score (nSPS) is 12.9. The second-order valence-corrected chi connectivity index (χ2v) is 5.85. The molecule has 20 heavy (non-hydrogen) atoms. The van der Waals surface area contributed by atoms with Crippen molar-refractivity contribution in [2.75, 3.05) is 0 Å². The summed E-state index contributed by atoms with van der Waals surface area (Å²) in [6.45, 7) is 6.09. The van der Waals surface area contributed by atoms with E-state index in [0.29, 0.717) is 0 Å². The third-order valence-electron chi connectivity index (χ3n) is 3.86. The summed E-state index contributed by atoms with van der Waals surface area (Å²) in [5.41, 5.74) is 0. The van der Waals surface area contributed by atoms with E-state index in [1.54, 1.807) is 0 Å². The molecule has 0 amide bonds. The lowest BCUT2D eigenvalue weighted by Crippen LogP contribution is -2.01. The molecule has 1 heteroatoms. The summed E-state index contributed by atoms with van der Waals surface area (Å²) in [6.07, 6.45) is 21.4. The van der Waals surface area contributed by atoms with E-state index < -0.39 is 0 Å². The molecule has 0 heterocycles. The van der Waals surface area contributed by atoms with Gasteiger partial charge in [-0.2, -0.15) is 0 Å². The molecule has 1 unspecified atom stereocenters. The minimum absolute atomic E-state index is 0.281. The molecule has 0 aliphatic heterocycles. The summed E-state index contributed by atoms with van der Waals surface area (Å²) in [5.74, 6) is 0.281. The van der Waals surface area contributed by atoms with Crippen LogP contribution in [0.15, 0.2) is 12.2 Å². The average Bonchev–Trinajstić information content (AvgIpc) is 2.47. The summed E-state index contributed by atoms with van der Waals surface area (Å²) in [5, 5.41) is 0. The van der Waals surface area contributed by atoms with Crippen LogP contribution < -0.4 is 0 Å². The van der Waals surface area contributed by atoms with Gasteiger partial charge in [0.25, 0.3) is 0 Å². The highest BCUT2D eigenvalue weighted by atomic mass is 16.1. The smallest absolute Gasteiger partial charge is 0.123 e. The van der Waals surface area contributed by atoms with Crippen LogP contribution in [0.25, 0.3) is 0 Å². The number of carbonyl (C=O) groups is 1. The van der Waals surface area contributed by atoms with Gasteiger partial charge in [-0.3, -0.25) is 0 Å². The zero-order valence-corrected chi connectivity index (χ0v) is 13.6. The fourth-order valence-corrected chi connectivity index (χ4v) is 2.45. The minimum atomic E-state index is 0.281. The SMILES string of the molecule is [CH2]CCCCCCCC(C=O)CCC=CCCCCC. The van der Waals surface area contributed by atoms with Crippen LogP contribution in [0, 0.1) is 12.8 Å². The molecular weight excluding hydrogens is 244 g/mol. The Morgan fingerprint density at radius 1 is 0.850 bits per heavy atom. The van der Waals surface area contributed by atoms with Gasteiger partial charge in [-0.1, -0.05) is 77.4 Å². The highest BCUT2D eigenvalue weighted by molar-refractivity contribution is 5.53. The molecule has 0 rings (SSSR count). The Morgan fingerprint density at radius 2 is 1.55 bits per heavy atom. The molecule has 1 atom stereocenters. The second kappa shape index (κ2) is 16.5. The lowest BCUT2D eigenvalue weighted by atomic mass is 9.97. The zero-order chi connectivity index (χ0) is 14.9. The van der Waals surface area contributed by atoms with Gasteiger partial charge in [-0.15, -0.1) is 0 Å². The molecule has 0 spiro atoms. The monoisotopic (exact) mass is 279 g/mol. The van der Waals surface area contributed by atoms with Gasteiger partial charge in [0.15, 0.2) is 0 Å². The van der Waals surface area contributed by atoms with E-state index in [4.69, 9.17) is 0 Å². The molecule has 0 fully saturated rings. The Kier molecular flexibility index (Phi) is 16.0. The van der Waals surface area contributed by atoms with Crippen molar-refractivity contribution in [2.24, 2.45) is 5.92 Å². The highest BCUT2D eigenvalue weighted by Crippen LogP contribution is 2.15. The number of allylic oxidation sites excluding steroid dienone is 2. The summed E-state index contributed by atoms with van der Waals surface area (Å²) < 4.78 is 0. The topological polar surface area (TPSA) is 17.1 Å². The van der Waals surface area contributed by atoms with E-state index in [2.05, 4.69) is 26.0 Å². The number of hydrogen-bond donors (Lipinski definition) is 0. The maximum atomic E-state index is 11.0. The molecule has 1 radical (unpaired) electrons. The molecule has 0 N–H and O–H groups in total. The van der Waals surface area contributed by atoms with Crippen LogP contribution in [0.4, 0.5) is 0 Å². The number of rotatable bonds is 15. The first kappa shape index (κ1) is 19.4. The van der Waals surface area contributed by atoms with Gasteiger partial charge < -0.3 is 4.79 Å². The van der Waals surface area contributed by atoms with Crippen molar-refractivity contribution >= 4 is 6.29 Å². The Bertz CT molecular complexity index is 220. The number of carbonyl (C=O) groups excluding carboxylic acids is 1. The summed E-state index contributed by atoms with van der Waals surface area (Å²) in [7, 11) is 0. The van der Waals surface area contributed by atoms with E-state index in [1.165, 1.54) is 64.1 Å². The number of aldehydes is 1. The maximum Gasteiger partial charge on any atom is 0.123 e. The third-order valence-corrected chi connectivity index (χ3v) is 3.86. The second-order valence-electron chi connectivity index (χ2n) is 5.85. The molecule has 0 aromatic carbocycles. The Hall–Kier alpha value is -0.590. The largest absolute Gasteiger partial charge is 0.303 e. The summed E-state index contributed by atoms with van der Waals surface area (Å²) >= 11 is 0. The lowest BCUT2D eigenvalue weighted by Gasteiger charge is -2.08. The van der Waals surface area contributed by atoms with Crippen LogP contribution >= 0.6 is 0 Å². The maximum absolute atomic E-state index is 11.0. The fourth-order valence-electron chi connectivity index (χ4n) is 2.45. The van der Waals surface area contributed by atoms with Crippen molar-refractivity contribution in [1.82, 2.24) is 0 Å². The van der Waals surface area contributed by atoms with Crippen LogP contribution in [0.3, 0.4) is 0 Å². The van der Waals surface area contributed by atoms with Crippen LogP contribution in [-0.2, 0) is 4.79 Å². The molecule has 0 aliphatic carbocycles. The van der Waals surface area contributed by atoms with E-state index in [1.807, 2.05) is 0 Å². The first-order valence-electron chi connectivity index (χ1n) is 8.74. The van der Waals surface area contributed by atoms with Crippen LogP contribution in [0.1, 0.15) is 90.4 Å². The van der Waals surface area contributed by atoms with Crippen molar-refractivity contribution in [1.29, 1.82) is 0 Å². The summed E-state index contributed by atoms with van der Waals surface area (Å²) in [6, 6.07) is 0. The van der Waals surface area contributed by atoms with E-state index in [9.17, 15) is 4.79 Å². The third kappa shape index (κ3) is 13.8. The molecule has 0 aromatic rings. The molecular formula is C19H35O. The Labute approximate surface area is 127 Å². The van der Waals surface area contributed by atoms with Gasteiger partial charge >= 0.3 is 0 Å². The van der Waals surface area contributed by atoms with Gasteiger partial charge in [-0.05, 0) is 32.1 Å². The van der Waals surface area contributed by atoms with E-state index >= 15 is 0 Å². The molecule has 0 saturated heterocycles. The standard InChI is InChI=1S/C19H35O/c1-3-5-7-9-11-13-15-17-19(18-20)16-14-12-10-8-6-4-2/h11,13,18-19H,2-10,12,14-17H2,1H3. The van der Waals surface area contributed by atoms with Crippen LogP contribution in [-0.4, -0.2) is 6.29 Å². The highest BCUT2D eigenvalue weighted by Gasteiger charge is 2.05. The molecule has 0 aliphatic rings. The van der Waals surface area contributed by atoms with Crippen LogP contribution in [0.5, 0.6) is 0 Å². The quantitative estimate of drug-likeness (QED) is 0.196. The molecule has 0 aromatic heterocycles. The van der Waals surface area contributed by atoms with E-state index in [0.717, 1.165) is 25.7 Å². The van der Waals surface area contributed by atoms with Crippen molar-refractivity contribution in [3.63, 3.8) is 0 Å². The van der Waals surface area contributed by atoms with E-state index in [-0.39, 0.29) is 5.92 Å².